The van der Waals surface area contributed by atoms with Crippen LogP contribution in [0.4, 0.5) is 0 Å². The Labute approximate surface area is 139 Å². The number of carbonyl (C=O) groups is 2. The number of likely N-dealkylation sites (tertiary alicyclic amines) is 1. The van der Waals surface area contributed by atoms with E-state index in [4.69, 9.17) is 0 Å². The standard InChI is InChI=1S/C18H18N2O2S/c21-17(19-8-7-13-4-1-2-5-14(13)10-19)15-11-20(12-15)18(22)16-6-3-9-23-16/h1-6,9,15H,7-8,10-12H2. The Hall–Kier alpha value is -2.14. The molecule has 0 atom stereocenters. The van der Waals surface area contributed by atoms with Crippen LogP contribution in [0.15, 0.2) is 41.8 Å². The monoisotopic (exact) mass is 326 g/mol. The van der Waals surface area contributed by atoms with E-state index in [0.717, 1.165) is 17.8 Å². The van der Waals surface area contributed by atoms with Crippen LogP contribution in [0.1, 0.15) is 20.8 Å². The number of benzene rings is 1. The Morgan fingerprint density at radius 2 is 1.78 bits per heavy atom. The van der Waals surface area contributed by atoms with Crippen molar-refractivity contribution in [2.75, 3.05) is 19.6 Å². The van der Waals surface area contributed by atoms with Crippen LogP contribution in [-0.4, -0.2) is 41.2 Å². The van der Waals surface area contributed by atoms with E-state index in [9.17, 15) is 9.59 Å². The Morgan fingerprint density at radius 1 is 1.00 bits per heavy atom. The predicted octanol–water partition coefficient (Wildman–Crippen LogP) is 2.41. The SMILES string of the molecule is O=C(c1cccs1)N1CC(C(=O)N2CCc3ccccc3C2)C1. The van der Waals surface area contributed by atoms with Gasteiger partial charge in [-0.05, 0) is 29.0 Å². The molecular formula is C18H18N2O2S. The largest absolute Gasteiger partial charge is 0.338 e. The van der Waals surface area contributed by atoms with E-state index in [1.54, 1.807) is 4.90 Å². The molecule has 0 N–H and O–H groups in total. The topological polar surface area (TPSA) is 40.6 Å². The summed E-state index contributed by atoms with van der Waals surface area (Å²) in [6, 6.07) is 12.0. The van der Waals surface area contributed by atoms with E-state index in [-0.39, 0.29) is 17.7 Å². The number of fused-ring (bicyclic) bond motifs is 1. The summed E-state index contributed by atoms with van der Waals surface area (Å²) in [6.45, 7) is 2.58. The first-order valence-electron chi connectivity index (χ1n) is 7.91. The van der Waals surface area contributed by atoms with Gasteiger partial charge in [0.15, 0.2) is 0 Å². The van der Waals surface area contributed by atoms with Crippen molar-refractivity contribution in [3.05, 3.63) is 57.8 Å². The lowest BCUT2D eigenvalue weighted by atomic mass is 9.94. The summed E-state index contributed by atoms with van der Waals surface area (Å²) in [5, 5.41) is 1.90. The highest BCUT2D eigenvalue weighted by Crippen LogP contribution is 2.25. The van der Waals surface area contributed by atoms with Gasteiger partial charge in [-0.1, -0.05) is 30.3 Å². The van der Waals surface area contributed by atoms with Crippen molar-refractivity contribution >= 4 is 23.2 Å². The highest BCUT2D eigenvalue weighted by atomic mass is 32.1. The molecule has 4 rings (SSSR count). The molecule has 4 nitrogen and oxygen atoms in total. The van der Waals surface area contributed by atoms with Gasteiger partial charge in [0.05, 0.1) is 10.8 Å². The van der Waals surface area contributed by atoms with Gasteiger partial charge < -0.3 is 9.80 Å². The van der Waals surface area contributed by atoms with Crippen LogP contribution in [0.5, 0.6) is 0 Å². The molecule has 23 heavy (non-hydrogen) atoms. The van der Waals surface area contributed by atoms with Crippen molar-refractivity contribution in [3.8, 4) is 0 Å². The van der Waals surface area contributed by atoms with Crippen molar-refractivity contribution in [1.82, 2.24) is 9.80 Å². The number of nitrogens with zero attached hydrogens (tertiary/aromatic N) is 2. The van der Waals surface area contributed by atoms with Crippen LogP contribution in [0.3, 0.4) is 0 Å². The number of carbonyl (C=O) groups excluding carboxylic acids is 2. The third-order valence-corrected chi connectivity index (χ3v) is 5.55. The van der Waals surface area contributed by atoms with Crippen LogP contribution in [0.25, 0.3) is 0 Å². The molecule has 0 bridgehead atoms. The molecule has 2 aromatic rings. The zero-order chi connectivity index (χ0) is 15.8. The molecule has 1 aromatic heterocycles. The Bertz CT molecular complexity index is 735. The fourth-order valence-corrected chi connectivity index (χ4v) is 3.99. The van der Waals surface area contributed by atoms with Gasteiger partial charge in [-0.25, -0.2) is 0 Å². The van der Waals surface area contributed by atoms with Gasteiger partial charge in [0.25, 0.3) is 5.91 Å². The lowest BCUT2D eigenvalue weighted by Gasteiger charge is -2.41. The summed E-state index contributed by atoms with van der Waals surface area (Å²) in [5.41, 5.74) is 2.60. The van der Waals surface area contributed by atoms with Crippen molar-refractivity contribution in [2.45, 2.75) is 13.0 Å². The molecule has 118 valence electrons. The Balaban J connectivity index is 1.36. The number of hydrogen-bond acceptors (Lipinski definition) is 3. The molecule has 3 heterocycles. The average molecular weight is 326 g/mol. The molecule has 1 fully saturated rings. The first-order chi connectivity index (χ1) is 11.2. The molecule has 1 aromatic carbocycles. The van der Waals surface area contributed by atoms with Crippen LogP contribution < -0.4 is 0 Å². The zero-order valence-electron chi connectivity index (χ0n) is 12.8. The predicted molar refractivity (Wildman–Crippen MR) is 89.3 cm³/mol. The van der Waals surface area contributed by atoms with Gasteiger partial charge in [0, 0.05) is 26.2 Å². The van der Waals surface area contributed by atoms with Crippen molar-refractivity contribution < 1.29 is 9.59 Å². The number of rotatable bonds is 2. The fraction of sp³-hybridized carbons (Fsp3) is 0.333. The number of hydrogen-bond donors (Lipinski definition) is 0. The third kappa shape index (κ3) is 2.65. The summed E-state index contributed by atoms with van der Waals surface area (Å²) in [6.07, 6.45) is 0.923. The molecule has 0 spiro atoms. The van der Waals surface area contributed by atoms with E-state index in [1.165, 1.54) is 22.5 Å². The maximum Gasteiger partial charge on any atom is 0.263 e. The molecule has 1 saturated heterocycles. The van der Waals surface area contributed by atoms with Crippen LogP contribution >= 0.6 is 11.3 Å². The average Bonchev–Trinajstić information content (AvgIpc) is 3.07. The molecule has 0 radical (unpaired) electrons. The summed E-state index contributed by atoms with van der Waals surface area (Å²) >= 11 is 1.45. The van der Waals surface area contributed by atoms with E-state index in [1.807, 2.05) is 28.5 Å². The lowest BCUT2D eigenvalue weighted by Crippen LogP contribution is -2.56. The minimum atomic E-state index is -0.0378. The normalized spacial score (nSPS) is 17.6. The lowest BCUT2D eigenvalue weighted by molar-refractivity contribution is -0.140. The molecule has 0 unspecified atom stereocenters. The van der Waals surface area contributed by atoms with Gasteiger partial charge >= 0.3 is 0 Å². The van der Waals surface area contributed by atoms with Gasteiger partial charge in [0.1, 0.15) is 0 Å². The Kier molecular flexibility index (Phi) is 3.65. The van der Waals surface area contributed by atoms with E-state index >= 15 is 0 Å². The van der Waals surface area contributed by atoms with E-state index < -0.39 is 0 Å². The van der Waals surface area contributed by atoms with Crippen molar-refractivity contribution in [3.63, 3.8) is 0 Å². The number of amides is 2. The Morgan fingerprint density at radius 3 is 2.52 bits per heavy atom. The number of thiophene rings is 1. The molecule has 2 aliphatic rings. The highest BCUT2D eigenvalue weighted by Gasteiger charge is 2.38. The van der Waals surface area contributed by atoms with Crippen LogP contribution in [0, 0.1) is 5.92 Å². The smallest absolute Gasteiger partial charge is 0.263 e. The second-order valence-corrected chi connectivity index (χ2v) is 7.11. The fourth-order valence-electron chi connectivity index (χ4n) is 3.30. The summed E-state index contributed by atoms with van der Waals surface area (Å²) in [5.74, 6) is 0.201. The minimum absolute atomic E-state index is 0.0378. The first kappa shape index (κ1) is 14.5. The van der Waals surface area contributed by atoms with Crippen LogP contribution in [-0.2, 0) is 17.8 Å². The van der Waals surface area contributed by atoms with Gasteiger partial charge in [-0.3, -0.25) is 9.59 Å². The molecule has 0 saturated carbocycles. The second kappa shape index (κ2) is 5.81. The van der Waals surface area contributed by atoms with E-state index in [0.29, 0.717) is 19.6 Å². The quantitative estimate of drug-likeness (QED) is 0.850. The summed E-state index contributed by atoms with van der Waals surface area (Å²) in [7, 11) is 0. The maximum absolute atomic E-state index is 12.6. The highest BCUT2D eigenvalue weighted by molar-refractivity contribution is 7.12. The maximum atomic E-state index is 12.6. The third-order valence-electron chi connectivity index (χ3n) is 4.69. The zero-order valence-corrected chi connectivity index (χ0v) is 13.6. The van der Waals surface area contributed by atoms with Gasteiger partial charge in [-0.15, -0.1) is 11.3 Å². The van der Waals surface area contributed by atoms with Gasteiger partial charge in [0.2, 0.25) is 5.91 Å². The van der Waals surface area contributed by atoms with Crippen molar-refractivity contribution in [1.29, 1.82) is 0 Å². The van der Waals surface area contributed by atoms with Crippen LogP contribution in [0.2, 0.25) is 0 Å². The van der Waals surface area contributed by atoms with Gasteiger partial charge in [-0.2, -0.15) is 0 Å². The minimum Gasteiger partial charge on any atom is -0.338 e. The molecule has 2 amide bonds. The first-order valence-corrected chi connectivity index (χ1v) is 8.78. The molecule has 5 heteroatoms. The summed E-state index contributed by atoms with van der Waals surface area (Å²) in [4.78, 5) is 29.3. The molecule has 0 aliphatic carbocycles. The van der Waals surface area contributed by atoms with E-state index in [2.05, 4.69) is 18.2 Å². The molecule has 2 aliphatic heterocycles. The molecular weight excluding hydrogens is 308 g/mol. The summed E-state index contributed by atoms with van der Waals surface area (Å²) < 4.78 is 0. The van der Waals surface area contributed by atoms with Crippen molar-refractivity contribution in [2.24, 2.45) is 5.92 Å². The second-order valence-electron chi connectivity index (χ2n) is 6.16.